The van der Waals surface area contributed by atoms with E-state index in [1.54, 1.807) is 0 Å². The van der Waals surface area contributed by atoms with Crippen molar-refractivity contribution >= 4 is 62.5 Å². The molecule has 0 aliphatic carbocycles. The largest absolute Gasteiger partial charge is 0.469 e. The molecule has 5 rings (SSSR count). The fourth-order valence-electron chi connectivity index (χ4n) is 5.76. The number of H-pyrrole nitrogens is 2. The number of fused-ring (bicyclic) bond motifs is 8. The number of aromatic amines is 2. The molecule has 0 unspecified atom stereocenters. The van der Waals surface area contributed by atoms with Crippen molar-refractivity contribution in [3.8, 4) is 0 Å². The number of rotatable bonds is 6. The third kappa shape index (κ3) is 4.53. The molecule has 40 heavy (non-hydrogen) atoms. The van der Waals surface area contributed by atoms with Gasteiger partial charge < -0.3 is 14.7 Å². The van der Waals surface area contributed by atoms with Crippen LogP contribution in [-0.4, -0.2) is 33.0 Å². The molecule has 6 heteroatoms. The van der Waals surface area contributed by atoms with E-state index in [-0.39, 0.29) is 12.4 Å². The van der Waals surface area contributed by atoms with Crippen molar-refractivity contribution in [2.24, 2.45) is 0 Å². The minimum absolute atomic E-state index is 0.238. The smallest absolute Gasteiger partial charge is 0.305 e. The fraction of sp³-hybridized carbons (Fsp3) is 0.265. The summed E-state index contributed by atoms with van der Waals surface area (Å²) in [5, 5.41) is 0. The van der Waals surface area contributed by atoms with E-state index >= 15 is 0 Å². The highest BCUT2D eigenvalue weighted by atomic mass is 16.5. The van der Waals surface area contributed by atoms with Gasteiger partial charge in [0.1, 0.15) is 0 Å². The maximum Gasteiger partial charge on any atom is 0.305 e. The number of ether oxygens (including phenoxy) is 1. The second-order valence-electron chi connectivity index (χ2n) is 10.4. The first-order valence-electron chi connectivity index (χ1n) is 13.7. The summed E-state index contributed by atoms with van der Waals surface area (Å²) in [5.74, 6) is -0.238. The van der Waals surface area contributed by atoms with Gasteiger partial charge in [-0.2, -0.15) is 0 Å². The number of aryl methyl sites for hydroxylation is 2. The summed E-state index contributed by atoms with van der Waals surface area (Å²) in [6.07, 6.45) is 5.46. The predicted molar refractivity (Wildman–Crippen MR) is 167 cm³/mol. The molecular weight excluding hydrogens is 496 g/mol. The minimum atomic E-state index is -0.238. The molecule has 0 spiro atoms. The summed E-state index contributed by atoms with van der Waals surface area (Å²) in [4.78, 5) is 29.4. The van der Waals surface area contributed by atoms with Crippen molar-refractivity contribution in [1.29, 1.82) is 0 Å². The highest BCUT2D eigenvalue weighted by Gasteiger charge is 2.21. The lowest BCUT2D eigenvalue weighted by atomic mass is 9.99. The number of aromatic nitrogens is 4. The van der Waals surface area contributed by atoms with Crippen LogP contribution in [0.4, 0.5) is 0 Å². The Balaban J connectivity index is 1.93. The Morgan fingerprint density at radius 1 is 0.775 bits per heavy atom. The van der Waals surface area contributed by atoms with Crippen molar-refractivity contribution in [3.63, 3.8) is 0 Å². The van der Waals surface area contributed by atoms with Gasteiger partial charge in [0.15, 0.2) is 0 Å². The highest BCUT2D eigenvalue weighted by molar-refractivity contribution is 5.96. The molecule has 2 aliphatic rings. The molecule has 0 aromatic carbocycles. The van der Waals surface area contributed by atoms with Crippen LogP contribution in [0, 0.1) is 13.8 Å². The molecule has 0 atom stereocenters. The molecule has 0 radical (unpaired) electrons. The minimum Gasteiger partial charge on any atom is -0.469 e. The lowest BCUT2D eigenvalue weighted by molar-refractivity contribution is -0.140. The molecule has 0 saturated heterocycles. The topological polar surface area (TPSA) is 83.7 Å². The number of hydrogen-bond donors (Lipinski definition) is 2. The number of nitrogens with zero attached hydrogens (tertiary/aromatic N) is 2. The third-order valence-electron chi connectivity index (χ3n) is 8.20. The van der Waals surface area contributed by atoms with Crippen LogP contribution in [0.1, 0.15) is 85.1 Å². The molecule has 3 aromatic heterocycles. The van der Waals surface area contributed by atoms with Crippen LogP contribution in [0.3, 0.4) is 0 Å². The highest BCUT2D eigenvalue weighted by Crippen LogP contribution is 2.37. The summed E-state index contributed by atoms with van der Waals surface area (Å²) in [6.45, 7) is 18.7. The summed E-state index contributed by atoms with van der Waals surface area (Å²) in [7, 11) is 1.42. The van der Waals surface area contributed by atoms with Crippen LogP contribution in [0.2, 0.25) is 0 Å². The van der Waals surface area contributed by atoms with Crippen LogP contribution in [0.15, 0.2) is 37.4 Å². The van der Waals surface area contributed by atoms with Gasteiger partial charge >= 0.3 is 5.97 Å². The molecular formula is C34H36N4O2. The van der Waals surface area contributed by atoms with E-state index in [4.69, 9.17) is 14.7 Å². The second kappa shape index (κ2) is 10.6. The number of methoxy groups -OCH3 is 1. The summed E-state index contributed by atoms with van der Waals surface area (Å²) in [6, 6.07) is 8.40. The van der Waals surface area contributed by atoms with Crippen LogP contribution >= 0.6 is 0 Å². The van der Waals surface area contributed by atoms with E-state index in [2.05, 4.69) is 82.0 Å². The van der Waals surface area contributed by atoms with Crippen LogP contribution < -0.4 is 0 Å². The van der Waals surface area contributed by atoms with Gasteiger partial charge in [-0.05, 0) is 98.2 Å². The molecule has 2 aliphatic heterocycles. The molecule has 0 amide bonds. The Kier molecular flexibility index (Phi) is 7.19. The fourth-order valence-corrected chi connectivity index (χ4v) is 5.76. The van der Waals surface area contributed by atoms with Crippen molar-refractivity contribution < 1.29 is 9.53 Å². The number of nitrogens with one attached hydrogen (secondary N) is 2. The summed E-state index contributed by atoms with van der Waals surface area (Å²) in [5.41, 5.74) is 16.2. The quantitative estimate of drug-likeness (QED) is 0.312. The Morgan fingerprint density at radius 2 is 1.27 bits per heavy atom. The zero-order chi connectivity index (χ0) is 28.7. The zero-order valence-corrected chi connectivity index (χ0v) is 24.2. The maximum absolute atomic E-state index is 12.1. The zero-order valence-electron chi connectivity index (χ0n) is 24.2. The SMILES string of the molecule is C=Cc1c(C)c2cc3[nH]c(cc4nc(cc5nc(cc1[nH]2)C(C)=C5CC)C(CCC(=O)OC)=C4C)c(C)c3C=C. The van der Waals surface area contributed by atoms with Gasteiger partial charge in [-0.1, -0.05) is 32.2 Å². The Bertz CT molecular complexity index is 1810. The third-order valence-corrected chi connectivity index (χ3v) is 8.20. The predicted octanol–water partition coefficient (Wildman–Crippen LogP) is 8.44. The average molecular weight is 533 g/mol. The lowest BCUT2D eigenvalue weighted by Crippen LogP contribution is -2.00. The number of hydrogen-bond acceptors (Lipinski definition) is 4. The average Bonchev–Trinajstić information content (AvgIpc) is 3.60. The number of allylic oxidation sites excluding steroid dienone is 4. The summed E-state index contributed by atoms with van der Waals surface area (Å²) < 4.78 is 4.93. The van der Waals surface area contributed by atoms with Gasteiger partial charge in [-0.25, -0.2) is 9.97 Å². The van der Waals surface area contributed by atoms with Crippen LogP contribution in [0.25, 0.3) is 56.5 Å². The van der Waals surface area contributed by atoms with Gasteiger partial charge in [0, 0.05) is 39.6 Å². The number of carbonyl (C=O) groups is 1. The van der Waals surface area contributed by atoms with Gasteiger partial charge in [-0.15, -0.1) is 0 Å². The van der Waals surface area contributed by atoms with E-state index in [9.17, 15) is 4.79 Å². The molecule has 6 nitrogen and oxygen atoms in total. The first-order valence-corrected chi connectivity index (χ1v) is 13.7. The van der Waals surface area contributed by atoms with E-state index in [1.165, 1.54) is 12.7 Å². The summed E-state index contributed by atoms with van der Waals surface area (Å²) >= 11 is 0. The Hall–Kier alpha value is -4.45. The number of esters is 1. The van der Waals surface area contributed by atoms with Gasteiger partial charge in [0.05, 0.1) is 29.9 Å². The normalized spacial score (nSPS) is 13.2. The van der Waals surface area contributed by atoms with Crippen molar-refractivity contribution in [1.82, 2.24) is 19.9 Å². The van der Waals surface area contributed by atoms with Crippen molar-refractivity contribution in [2.45, 2.75) is 53.9 Å². The lowest BCUT2D eigenvalue weighted by Gasteiger charge is -2.05. The first-order chi connectivity index (χ1) is 19.2. The molecule has 5 heterocycles. The van der Waals surface area contributed by atoms with Crippen molar-refractivity contribution in [2.75, 3.05) is 7.11 Å². The standard InChI is InChI=1S/C34H36N4O2/c1-9-22-18(4)26-14-27-21(7)25(12-13-34(39)40-8)33(38-27)17-32-24(11-3)20(6)29(37-32)16-31-23(10-2)19(5)28(36-31)15-30(22)35-26/h9-10,14-17,35-36H,1-2,11-13H2,3-8H3. The second-order valence-corrected chi connectivity index (χ2v) is 10.4. The molecule has 0 saturated carbocycles. The molecule has 0 fully saturated rings. The number of carbonyl (C=O) groups excluding carboxylic acids is 1. The van der Waals surface area contributed by atoms with Gasteiger partial charge in [-0.3, -0.25) is 4.79 Å². The molecule has 204 valence electrons. The maximum atomic E-state index is 12.1. The molecule has 8 bridgehead atoms. The van der Waals surface area contributed by atoms with E-state index in [0.717, 1.165) is 90.2 Å². The van der Waals surface area contributed by atoms with Crippen LogP contribution in [0.5, 0.6) is 0 Å². The molecule has 3 aromatic rings. The van der Waals surface area contributed by atoms with Crippen molar-refractivity contribution in [3.05, 3.63) is 82.5 Å². The first kappa shape index (κ1) is 27.1. The monoisotopic (exact) mass is 532 g/mol. The molecule has 2 N–H and O–H groups in total. The Labute approximate surface area is 235 Å². The van der Waals surface area contributed by atoms with Crippen LogP contribution in [-0.2, 0) is 9.53 Å². The van der Waals surface area contributed by atoms with E-state index in [0.29, 0.717) is 6.42 Å². The van der Waals surface area contributed by atoms with Gasteiger partial charge in [0.25, 0.3) is 0 Å². The van der Waals surface area contributed by atoms with Gasteiger partial charge in [0.2, 0.25) is 0 Å². The van der Waals surface area contributed by atoms with E-state index < -0.39 is 0 Å². The van der Waals surface area contributed by atoms with E-state index in [1.807, 2.05) is 12.2 Å². The Morgan fingerprint density at radius 3 is 1.82 bits per heavy atom.